The number of carbonyl (C=O) groups is 1. The normalized spacial score (nSPS) is 12.0. The van der Waals surface area contributed by atoms with Crippen LogP contribution in [0, 0.1) is 0 Å². The van der Waals surface area contributed by atoms with E-state index in [1.807, 2.05) is 4.72 Å². The van der Waals surface area contributed by atoms with Crippen molar-refractivity contribution in [2.75, 3.05) is 17.1 Å². The fourth-order valence-corrected chi connectivity index (χ4v) is 2.16. The van der Waals surface area contributed by atoms with Gasteiger partial charge in [-0.15, -0.1) is 0 Å². The van der Waals surface area contributed by atoms with Gasteiger partial charge in [-0.05, 0) is 6.07 Å². The van der Waals surface area contributed by atoms with Crippen molar-refractivity contribution in [2.24, 2.45) is 0 Å². The third kappa shape index (κ3) is 7.34. The Morgan fingerprint density at radius 1 is 1.38 bits per heavy atom. The minimum Gasteiger partial charge on any atom is -0.481 e. The van der Waals surface area contributed by atoms with Crippen LogP contribution in [0.3, 0.4) is 0 Å². The number of pyridine rings is 1. The summed E-state index contributed by atoms with van der Waals surface area (Å²) in [4.78, 5) is 13.8. The van der Waals surface area contributed by atoms with E-state index < -0.39 is 40.9 Å². The Balaban J connectivity index is 2.60. The number of aromatic nitrogens is 1. The second kappa shape index (κ2) is 6.61. The lowest BCUT2D eigenvalue weighted by Crippen LogP contribution is -2.20. The highest BCUT2D eigenvalue weighted by molar-refractivity contribution is 7.92. The molecule has 0 saturated heterocycles. The largest absolute Gasteiger partial charge is 0.481 e. The van der Waals surface area contributed by atoms with Crippen LogP contribution in [-0.2, 0) is 14.8 Å². The second-order valence-electron chi connectivity index (χ2n) is 3.85. The predicted octanol–water partition coefficient (Wildman–Crippen LogP) is 1.24. The van der Waals surface area contributed by atoms with Crippen LogP contribution in [0.15, 0.2) is 18.3 Å². The van der Waals surface area contributed by atoms with Gasteiger partial charge in [0.1, 0.15) is 0 Å². The lowest BCUT2D eigenvalue weighted by molar-refractivity contribution is -0.154. The highest BCUT2D eigenvalue weighted by Crippen LogP contribution is 2.18. The zero-order valence-electron chi connectivity index (χ0n) is 10.4. The van der Waals surface area contributed by atoms with Gasteiger partial charge in [0, 0.05) is 6.07 Å². The van der Waals surface area contributed by atoms with Crippen molar-refractivity contribution in [3.63, 3.8) is 0 Å². The molecular weight excluding hydrogens is 317 g/mol. The minimum absolute atomic E-state index is 0.0141. The van der Waals surface area contributed by atoms with Gasteiger partial charge in [0.25, 0.3) is 0 Å². The van der Waals surface area contributed by atoms with Gasteiger partial charge in [0.05, 0.1) is 24.1 Å². The molecule has 7 nitrogen and oxygen atoms in total. The average Bonchev–Trinajstić information content (AvgIpc) is 2.34. The number of ether oxygens (including phenoxy) is 1. The summed E-state index contributed by atoms with van der Waals surface area (Å²) in [5.74, 6) is -2.22. The lowest BCUT2D eigenvalue weighted by atomic mass is 10.4. The van der Waals surface area contributed by atoms with E-state index >= 15 is 0 Å². The predicted molar refractivity (Wildman–Crippen MR) is 65.4 cm³/mol. The molecule has 0 fully saturated rings. The molecule has 2 N–H and O–H groups in total. The number of sulfonamides is 1. The number of rotatable bonds is 7. The van der Waals surface area contributed by atoms with Crippen molar-refractivity contribution in [1.29, 1.82) is 0 Å². The van der Waals surface area contributed by atoms with Gasteiger partial charge in [-0.2, -0.15) is 13.2 Å². The van der Waals surface area contributed by atoms with E-state index in [0.29, 0.717) is 0 Å². The summed E-state index contributed by atoms with van der Waals surface area (Å²) in [6.45, 7) is -1.51. The van der Waals surface area contributed by atoms with Crippen LogP contribution < -0.4 is 9.46 Å². The van der Waals surface area contributed by atoms with E-state index in [-0.39, 0.29) is 11.6 Å². The molecule has 0 aliphatic rings. The standard InChI is InChI=1S/C10H11F3N2O5S/c11-10(12,13)6-20-8-2-1-7(5-14-8)15-21(18,19)4-3-9(16)17/h1-2,5,15H,3-4,6H2,(H,16,17). The first-order valence-corrected chi connectivity index (χ1v) is 7.10. The maximum absolute atomic E-state index is 11.9. The molecule has 0 bridgehead atoms. The van der Waals surface area contributed by atoms with Crippen LogP contribution in [0.4, 0.5) is 18.9 Å². The molecule has 0 atom stereocenters. The summed E-state index contributed by atoms with van der Waals surface area (Å²) >= 11 is 0. The summed E-state index contributed by atoms with van der Waals surface area (Å²) in [6.07, 6.45) is -4.11. The van der Waals surface area contributed by atoms with E-state index in [4.69, 9.17) is 5.11 Å². The maximum atomic E-state index is 11.9. The second-order valence-corrected chi connectivity index (χ2v) is 5.70. The molecule has 0 aliphatic carbocycles. The number of anilines is 1. The Morgan fingerprint density at radius 2 is 2.05 bits per heavy atom. The number of halogens is 3. The molecule has 0 spiro atoms. The molecule has 1 aromatic rings. The number of hydrogen-bond acceptors (Lipinski definition) is 5. The summed E-state index contributed by atoms with van der Waals surface area (Å²) < 4.78 is 65.0. The van der Waals surface area contributed by atoms with Crippen molar-refractivity contribution in [1.82, 2.24) is 4.98 Å². The lowest BCUT2D eigenvalue weighted by Gasteiger charge is -2.09. The van der Waals surface area contributed by atoms with Gasteiger partial charge in [0.2, 0.25) is 15.9 Å². The zero-order chi connectivity index (χ0) is 16.1. The van der Waals surface area contributed by atoms with Gasteiger partial charge in [-0.3, -0.25) is 9.52 Å². The molecule has 0 radical (unpaired) electrons. The Bertz CT molecular complexity index is 586. The van der Waals surface area contributed by atoms with Crippen molar-refractivity contribution in [2.45, 2.75) is 12.6 Å². The Hall–Kier alpha value is -2.04. The first-order valence-electron chi connectivity index (χ1n) is 5.45. The first kappa shape index (κ1) is 17.0. The van der Waals surface area contributed by atoms with E-state index in [1.165, 1.54) is 0 Å². The smallest absolute Gasteiger partial charge is 0.422 e. The summed E-state index contributed by atoms with van der Waals surface area (Å²) in [6, 6.07) is 2.21. The first-order chi connectivity index (χ1) is 9.57. The third-order valence-electron chi connectivity index (χ3n) is 1.98. The van der Waals surface area contributed by atoms with Gasteiger partial charge in [-0.25, -0.2) is 13.4 Å². The third-order valence-corrected chi connectivity index (χ3v) is 3.27. The molecule has 1 aromatic heterocycles. The van der Waals surface area contributed by atoms with E-state index in [9.17, 15) is 26.4 Å². The molecule has 0 amide bonds. The molecule has 11 heteroatoms. The van der Waals surface area contributed by atoms with Gasteiger partial charge >= 0.3 is 12.1 Å². The minimum atomic E-state index is -4.50. The molecule has 1 heterocycles. The summed E-state index contributed by atoms with van der Waals surface area (Å²) in [7, 11) is -3.87. The Kier molecular flexibility index (Phi) is 5.35. The van der Waals surface area contributed by atoms with Crippen molar-refractivity contribution in [3.05, 3.63) is 18.3 Å². The molecule has 0 unspecified atom stereocenters. The molecule has 0 saturated carbocycles. The zero-order valence-corrected chi connectivity index (χ0v) is 11.2. The van der Waals surface area contributed by atoms with Crippen molar-refractivity contribution >= 4 is 21.7 Å². The van der Waals surface area contributed by atoms with Gasteiger partial charge in [-0.1, -0.05) is 0 Å². The quantitative estimate of drug-likeness (QED) is 0.780. The molecular formula is C10H11F3N2O5S. The van der Waals surface area contributed by atoms with Crippen LogP contribution in [0.5, 0.6) is 5.88 Å². The fourth-order valence-electron chi connectivity index (χ4n) is 1.13. The number of hydrogen-bond donors (Lipinski definition) is 2. The van der Waals surface area contributed by atoms with Crippen LogP contribution in [-0.4, -0.2) is 43.0 Å². The topological polar surface area (TPSA) is 106 Å². The van der Waals surface area contributed by atoms with Crippen molar-refractivity contribution < 1.29 is 36.2 Å². The van der Waals surface area contributed by atoms with Crippen LogP contribution >= 0.6 is 0 Å². The highest BCUT2D eigenvalue weighted by Gasteiger charge is 2.28. The number of carboxylic acid groups (broad SMARTS) is 1. The van der Waals surface area contributed by atoms with Crippen molar-refractivity contribution in [3.8, 4) is 5.88 Å². The van der Waals surface area contributed by atoms with Crippen LogP contribution in [0.1, 0.15) is 6.42 Å². The van der Waals surface area contributed by atoms with E-state index in [2.05, 4.69) is 9.72 Å². The average molecular weight is 328 g/mol. The summed E-state index contributed by atoms with van der Waals surface area (Å²) in [5, 5.41) is 8.39. The number of aliphatic carboxylic acids is 1. The SMILES string of the molecule is O=C(O)CCS(=O)(=O)Nc1ccc(OCC(F)(F)F)nc1. The number of carboxylic acids is 1. The molecule has 0 aromatic carbocycles. The Morgan fingerprint density at radius 3 is 2.52 bits per heavy atom. The fraction of sp³-hybridized carbons (Fsp3) is 0.400. The molecule has 118 valence electrons. The van der Waals surface area contributed by atoms with E-state index in [1.54, 1.807) is 0 Å². The molecule has 0 aliphatic heterocycles. The molecule has 21 heavy (non-hydrogen) atoms. The highest BCUT2D eigenvalue weighted by atomic mass is 32.2. The molecule has 1 rings (SSSR count). The number of nitrogens with zero attached hydrogens (tertiary/aromatic N) is 1. The monoisotopic (exact) mass is 328 g/mol. The van der Waals surface area contributed by atoms with Crippen LogP contribution in [0.25, 0.3) is 0 Å². The van der Waals surface area contributed by atoms with Gasteiger partial charge in [0.15, 0.2) is 6.61 Å². The number of alkyl halides is 3. The number of nitrogens with one attached hydrogen (secondary N) is 1. The van der Waals surface area contributed by atoms with E-state index in [0.717, 1.165) is 18.3 Å². The maximum Gasteiger partial charge on any atom is 0.422 e. The summed E-state index contributed by atoms with van der Waals surface area (Å²) in [5.41, 5.74) is -0.0141. The Labute approximate surface area is 117 Å². The van der Waals surface area contributed by atoms with Gasteiger partial charge < -0.3 is 9.84 Å². The van der Waals surface area contributed by atoms with Crippen LogP contribution in [0.2, 0.25) is 0 Å².